The van der Waals surface area contributed by atoms with E-state index in [1.54, 1.807) is 6.07 Å². The second-order valence-electron chi connectivity index (χ2n) is 4.80. The van der Waals surface area contributed by atoms with Gasteiger partial charge >= 0.3 is 5.97 Å². The van der Waals surface area contributed by atoms with Crippen LogP contribution in [0.1, 0.15) is 18.4 Å². The lowest BCUT2D eigenvalue weighted by molar-refractivity contribution is -0.385. The number of likely N-dealkylation sites (tertiary alicyclic amines) is 1. The van der Waals surface area contributed by atoms with Gasteiger partial charge in [0.05, 0.1) is 10.5 Å². The molecule has 120 valence electrons. The molecule has 23 heavy (non-hydrogen) atoms. The van der Waals surface area contributed by atoms with Crippen molar-refractivity contribution in [1.82, 2.24) is 4.90 Å². The quantitative estimate of drug-likeness (QED) is 0.350. The molecule has 0 radical (unpaired) electrons. The predicted octanol–water partition coefficient (Wildman–Crippen LogP) is 1.30. The Balaban J connectivity index is 1.91. The van der Waals surface area contributed by atoms with Gasteiger partial charge in [-0.05, 0) is 18.6 Å². The van der Waals surface area contributed by atoms with E-state index in [0.29, 0.717) is 19.4 Å². The average molecular weight is 318 g/mol. The summed E-state index contributed by atoms with van der Waals surface area (Å²) in [4.78, 5) is 45.9. The first-order valence-electron chi connectivity index (χ1n) is 6.90. The van der Waals surface area contributed by atoms with E-state index in [1.165, 1.54) is 24.3 Å². The molecule has 0 N–H and O–H groups in total. The molecule has 2 rings (SSSR count). The Hall–Kier alpha value is -3.03. The minimum atomic E-state index is -0.817. The van der Waals surface area contributed by atoms with Gasteiger partial charge in [-0.2, -0.15) is 0 Å². The van der Waals surface area contributed by atoms with Gasteiger partial charge < -0.3 is 4.74 Å². The number of nitro groups is 1. The second kappa shape index (κ2) is 7.30. The molecule has 1 aromatic carbocycles. The Morgan fingerprint density at radius 1 is 1.35 bits per heavy atom. The lowest BCUT2D eigenvalue weighted by Gasteiger charge is -2.12. The molecule has 1 aliphatic heterocycles. The van der Waals surface area contributed by atoms with Crippen LogP contribution in [0.25, 0.3) is 6.08 Å². The molecule has 0 aromatic heterocycles. The van der Waals surface area contributed by atoms with Crippen LogP contribution in [-0.2, 0) is 19.1 Å². The Labute approximate surface area is 131 Å². The van der Waals surface area contributed by atoms with Crippen molar-refractivity contribution in [3.8, 4) is 0 Å². The number of rotatable bonds is 5. The highest BCUT2D eigenvalue weighted by molar-refractivity contribution is 5.98. The van der Waals surface area contributed by atoms with Crippen molar-refractivity contribution < 1.29 is 24.0 Å². The minimum absolute atomic E-state index is 0.143. The molecule has 1 fully saturated rings. The number of benzene rings is 1. The van der Waals surface area contributed by atoms with E-state index in [1.807, 2.05) is 0 Å². The topological polar surface area (TPSA) is 107 Å². The smallest absolute Gasteiger partial charge is 0.331 e. The summed E-state index contributed by atoms with van der Waals surface area (Å²) in [5, 5.41) is 10.8. The number of carbonyl (C=O) groups excluding carboxylic acids is 3. The number of amides is 2. The number of hydrogen-bond acceptors (Lipinski definition) is 6. The van der Waals surface area contributed by atoms with Gasteiger partial charge in [-0.25, -0.2) is 4.79 Å². The van der Waals surface area contributed by atoms with Crippen LogP contribution in [0, 0.1) is 10.1 Å². The molecule has 1 aliphatic rings. The van der Waals surface area contributed by atoms with Crippen molar-refractivity contribution in [3.05, 3.63) is 46.0 Å². The zero-order chi connectivity index (χ0) is 16.8. The van der Waals surface area contributed by atoms with Gasteiger partial charge in [0.25, 0.3) is 11.6 Å². The van der Waals surface area contributed by atoms with Crippen LogP contribution in [0.5, 0.6) is 0 Å². The number of ether oxygens (including phenoxy) is 1. The third-order valence-electron chi connectivity index (χ3n) is 3.24. The number of nitrogens with zero attached hydrogens (tertiary/aromatic N) is 2. The van der Waals surface area contributed by atoms with E-state index >= 15 is 0 Å². The van der Waals surface area contributed by atoms with Gasteiger partial charge in [-0.15, -0.1) is 0 Å². The van der Waals surface area contributed by atoms with Gasteiger partial charge in [0, 0.05) is 25.1 Å². The molecular formula is C15H14N2O6. The molecule has 1 saturated heterocycles. The van der Waals surface area contributed by atoms with Gasteiger partial charge in [0.2, 0.25) is 5.91 Å². The van der Waals surface area contributed by atoms with Gasteiger partial charge in [-0.1, -0.05) is 12.1 Å². The Bertz CT molecular complexity index is 682. The summed E-state index contributed by atoms with van der Waals surface area (Å²) in [6.07, 6.45) is 3.17. The average Bonchev–Trinajstić information content (AvgIpc) is 2.97. The fraction of sp³-hybridized carbons (Fsp3) is 0.267. The maximum absolute atomic E-state index is 11.7. The molecule has 0 atom stereocenters. The van der Waals surface area contributed by atoms with Crippen LogP contribution in [0.4, 0.5) is 5.69 Å². The highest BCUT2D eigenvalue weighted by Gasteiger charge is 2.26. The Morgan fingerprint density at radius 2 is 2.09 bits per heavy atom. The lowest BCUT2D eigenvalue weighted by atomic mass is 10.1. The molecule has 0 bridgehead atoms. The first-order chi connectivity index (χ1) is 11.0. The lowest BCUT2D eigenvalue weighted by Crippen LogP contribution is -2.35. The van der Waals surface area contributed by atoms with E-state index in [2.05, 4.69) is 0 Å². The number of nitro benzene ring substituents is 1. The van der Waals surface area contributed by atoms with E-state index in [4.69, 9.17) is 4.74 Å². The molecule has 1 heterocycles. The summed E-state index contributed by atoms with van der Waals surface area (Å²) in [5.41, 5.74) is 0.103. The molecule has 8 nitrogen and oxygen atoms in total. The van der Waals surface area contributed by atoms with Crippen molar-refractivity contribution in [3.63, 3.8) is 0 Å². The largest absolute Gasteiger partial charge is 0.452 e. The van der Waals surface area contributed by atoms with E-state index in [9.17, 15) is 24.5 Å². The third kappa shape index (κ3) is 4.22. The Morgan fingerprint density at radius 3 is 2.74 bits per heavy atom. The summed E-state index contributed by atoms with van der Waals surface area (Å²) in [6.45, 7) is -0.201. The highest BCUT2D eigenvalue weighted by atomic mass is 16.6. The van der Waals surface area contributed by atoms with Crippen LogP contribution in [0.2, 0.25) is 0 Å². The van der Waals surface area contributed by atoms with E-state index in [-0.39, 0.29) is 17.2 Å². The SMILES string of the molecule is O=C(/C=C/c1ccccc1[N+](=O)[O-])OCC(=O)N1CCCC1=O. The number of hydrogen-bond donors (Lipinski definition) is 0. The summed E-state index contributed by atoms with van der Waals surface area (Å²) >= 11 is 0. The molecule has 0 saturated carbocycles. The summed E-state index contributed by atoms with van der Waals surface area (Å²) in [6, 6.07) is 5.91. The van der Waals surface area contributed by atoms with Crippen LogP contribution >= 0.6 is 0 Å². The third-order valence-corrected chi connectivity index (χ3v) is 3.24. The van der Waals surface area contributed by atoms with Crippen LogP contribution < -0.4 is 0 Å². The maximum atomic E-state index is 11.7. The first-order valence-corrected chi connectivity index (χ1v) is 6.90. The van der Waals surface area contributed by atoms with E-state index in [0.717, 1.165) is 11.0 Å². The molecule has 8 heteroatoms. The minimum Gasteiger partial charge on any atom is -0.452 e. The molecular weight excluding hydrogens is 304 g/mol. The van der Waals surface area contributed by atoms with Crippen molar-refractivity contribution in [2.45, 2.75) is 12.8 Å². The number of para-hydroxylation sites is 1. The molecule has 2 amide bonds. The number of carbonyl (C=O) groups is 3. The highest BCUT2D eigenvalue weighted by Crippen LogP contribution is 2.18. The van der Waals surface area contributed by atoms with Gasteiger partial charge in [0.1, 0.15) is 0 Å². The Kier molecular flexibility index (Phi) is 5.19. The van der Waals surface area contributed by atoms with Crippen LogP contribution in [-0.4, -0.2) is 40.8 Å². The maximum Gasteiger partial charge on any atom is 0.331 e. The molecule has 0 aliphatic carbocycles. The monoisotopic (exact) mass is 318 g/mol. The van der Waals surface area contributed by atoms with Gasteiger partial charge in [0.15, 0.2) is 6.61 Å². The second-order valence-corrected chi connectivity index (χ2v) is 4.80. The normalized spacial score (nSPS) is 14.3. The summed E-state index contributed by atoms with van der Waals surface area (Å²) < 4.78 is 4.75. The fourth-order valence-electron chi connectivity index (χ4n) is 2.12. The van der Waals surface area contributed by atoms with Crippen molar-refractivity contribution in [2.75, 3.05) is 13.2 Å². The molecule has 0 spiro atoms. The van der Waals surface area contributed by atoms with Crippen molar-refractivity contribution >= 4 is 29.5 Å². The van der Waals surface area contributed by atoms with Crippen molar-refractivity contribution in [1.29, 1.82) is 0 Å². The zero-order valence-corrected chi connectivity index (χ0v) is 12.1. The summed E-state index contributed by atoms with van der Waals surface area (Å²) in [5.74, 6) is -1.66. The zero-order valence-electron chi connectivity index (χ0n) is 12.1. The predicted molar refractivity (Wildman–Crippen MR) is 79.0 cm³/mol. The van der Waals surface area contributed by atoms with Crippen LogP contribution in [0.15, 0.2) is 30.3 Å². The number of esters is 1. The first kappa shape index (κ1) is 16.3. The van der Waals surface area contributed by atoms with Gasteiger partial charge in [-0.3, -0.25) is 24.6 Å². The molecule has 0 unspecified atom stereocenters. The van der Waals surface area contributed by atoms with Crippen LogP contribution in [0.3, 0.4) is 0 Å². The van der Waals surface area contributed by atoms with E-state index < -0.39 is 23.4 Å². The van der Waals surface area contributed by atoms with Crippen molar-refractivity contribution in [2.24, 2.45) is 0 Å². The molecule has 1 aromatic rings. The number of imide groups is 1. The standard InChI is InChI=1S/C15H14N2O6/c18-13-6-3-9-16(13)14(19)10-23-15(20)8-7-11-4-1-2-5-12(11)17(21)22/h1-2,4-5,7-8H,3,6,9-10H2/b8-7+. The fourth-order valence-corrected chi connectivity index (χ4v) is 2.12. The summed E-state index contributed by atoms with van der Waals surface area (Å²) in [7, 11) is 0.